The molecule has 1 saturated heterocycles. The number of carbonyl (C=O) groups excluding carboxylic acids is 2. The molecule has 0 bridgehead atoms. The van der Waals surface area contributed by atoms with Crippen molar-refractivity contribution in [3.63, 3.8) is 0 Å². The molecule has 0 saturated carbocycles. The first-order chi connectivity index (χ1) is 15.6. The quantitative estimate of drug-likeness (QED) is 0.618. The molecule has 4 rings (SSSR count). The van der Waals surface area contributed by atoms with E-state index in [0.29, 0.717) is 31.6 Å². The summed E-state index contributed by atoms with van der Waals surface area (Å²) in [4.78, 5) is 36.4. The van der Waals surface area contributed by atoms with Crippen molar-refractivity contribution in [3.05, 3.63) is 84.4 Å². The molecule has 160 valence electrons. The molecule has 1 fully saturated rings. The fourth-order valence-corrected chi connectivity index (χ4v) is 4.27. The van der Waals surface area contributed by atoms with E-state index in [1.54, 1.807) is 35.5 Å². The number of nitrogens with zero attached hydrogens (tertiary/aromatic N) is 3. The minimum atomic E-state index is -0.778. The van der Waals surface area contributed by atoms with E-state index in [2.05, 4.69) is 21.2 Å². The third kappa shape index (κ3) is 4.37. The Morgan fingerprint density at radius 2 is 1.94 bits per heavy atom. The molecule has 3 heterocycles. The molecule has 1 N–H and O–H groups in total. The van der Waals surface area contributed by atoms with E-state index in [0.717, 1.165) is 16.7 Å². The maximum atomic E-state index is 13.3. The van der Waals surface area contributed by atoms with Crippen molar-refractivity contribution in [2.75, 3.05) is 19.6 Å². The third-order valence-corrected chi connectivity index (χ3v) is 5.88. The van der Waals surface area contributed by atoms with Crippen LogP contribution < -0.4 is 5.32 Å². The van der Waals surface area contributed by atoms with Gasteiger partial charge in [-0.2, -0.15) is 0 Å². The monoisotopic (exact) mass is 424 g/mol. The van der Waals surface area contributed by atoms with Crippen LogP contribution in [0.15, 0.2) is 73.2 Å². The Morgan fingerprint density at radius 1 is 1.09 bits per heavy atom. The fourth-order valence-electron chi connectivity index (χ4n) is 4.27. The highest BCUT2D eigenvalue weighted by atomic mass is 16.2. The summed E-state index contributed by atoms with van der Waals surface area (Å²) < 4.78 is 0. The molecule has 2 amide bonds. The van der Waals surface area contributed by atoms with Gasteiger partial charge in [0, 0.05) is 37.2 Å². The molecule has 6 nitrogen and oxygen atoms in total. The Balaban J connectivity index is 1.65. The lowest BCUT2D eigenvalue weighted by Gasteiger charge is -2.29. The minimum Gasteiger partial charge on any atom is -0.345 e. The van der Waals surface area contributed by atoms with Gasteiger partial charge in [-0.25, -0.2) is 0 Å². The van der Waals surface area contributed by atoms with E-state index >= 15 is 0 Å². The molecule has 1 aliphatic rings. The number of carbonyl (C=O) groups is 2. The Bertz CT molecular complexity index is 1140. The maximum Gasteiger partial charge on any atom is 0.272 e. The van der Waals surface area contributed by atoms with E-state index in [-0.39, 0.29) is 18.4 Å². The highest BCUT2D eigenvalue weighted by molar-refractivity contribution is 5.94. The SMILES string of the molecule is C#CCNC(=O)C1(Cc2ccccc2-c2cccnc2)CCN(C(=O)c2ccccn2)C1. The molecule has 1 aliphatic heterocycles. The Labute approximate surface area is 187 Å². The smallest absolute Gasteiger partial charge is 0.272 e. The van der Waals surface area contributed by atoms with Crippen LogP contribution in [0.3, 0.4) is 0 Å². The number of nitrogens with one attached hydrogen (secondary N) is 1. The number of rotatable bonds is 6. The highest BCUT2D eigenvalue weighted by Gasteiger charge is 2.46. The van der Waals surface area contributed by atoms with Gasteiger partial charge in [-0.1, -0.05) is 42.3 Å². The van der Waals surface area contributed by atoms with Gasteiger partial charge in [-0.3, -0.25) is 19.6 Å². The number of hydrogen-bond donors (Lipinski definition) is 1. The second kappa shape index (κ2) is 9.44. The van der Waals surface area contributed by atoms with E-state index in [1.807, 2.05) is 42.6 Å². The molecular formula is C26H24N4O2. The van der Waals surface area contributed by atoms with Gasteiger partial charge in [0.2, 0.25) is 5.91 Å². The number of likely N-dealkylation sites (tertiary alicyclic amines) is 1. The largest absolute Gasteiger partial charge is 0.345 e. The number of benzene rings is 1. The zero-order chi connectivity index (χ0) is 22.4. The highest BCUT2D eigenvalue weighted by Crippen LogP contribution is 2.38. The first kappa shape index (κ1) is 21.3. The van der Waals surface area contributed by atoms with E-state index in [4.69, 9.17) is 6.42 Å². The summed E-state index contributed by atoms with van der Waals surface area (Å²) in [5.74, 6) is 2.17. The maximum absolute atomic E-state index is 13.3. The summed E-state index contributed by atoms with van der Waals surface area (Å²) in [6.45, 7) is 0.938. The lowest BCUT2D eigenvalue weighted by atomic mass is 9.78. The van der Waals surface area contributed by atoms with Crippen molar-refractivity contribution in [3.8, 4) is 23.5 Å². The number of pyridine rings is 2. The first-order valence-corrected chi connectivity index (χ1v) is 10.5. The van der Waals surface area contributed by atoms with Crippen LogP contribution in [0.1, 0.15) is 22.5 Å². The van der Waals surface area contributed by atoms with Crippen molar-refractivity contribution in [1.29, 1.82) is 0 Å². The molecule has 1 aromatic carbocycles. The second-order valence-electron chi connectivity index (χ2n) is 7.93. The number of terminal acetylenes is 1. The molecule has 2 aromatic heterocycles. The molecule has 0 radical (unpaired) electrons. The molecule has 3 aromatic rings. The van der Waals surface area contributed by atoms with Gasteiger partial charge in [-0.15, -0.1) is 6.42 Å². The van der Waals surface area contributed by atoms with Crippen LogP contribution in [0.4, 0.5) is 0 Å². The Kier molecular flexibility index (Phi) is 6.27. The van der Waals surface area contributed by atoms with Gasteiger partial charge in [0.05, 0.1) is 12.0 Å². The van der Waals surface area contributed by atoms with Crippen molar-refractivity contribution in [2.24, 2.45) is 5.41 Å². The molecule has 1 atom stereocenters. The van der Waals surface area contributed by atoms with E-state index < -0.39 is 5.41 Å². The van der Waals surface area contributed by atoms with Crippen molar-refractivity contribution < 1.29 is 9.59 Å². The Hall–Kier alpha value is -3.98. The summed E-state index contributed by atoms with van der Waals surface area (Å²) in [6.07, 6.45) is 11.6. The zero-order valence-electron chi connectivity index (χ0n) is 17.7. The average molecular weight is 425 g/mol. The van der Waals surface area contributed by atoms with Crippen molar-refractivity contribution in [1.82, 2.24) is 20.2 Å². The van der Waals surface area contributed by atoms with Crippen molar-refractivity contribution >= 4 is 11.8 Å². The summed E-state index contributed by atoms with van der Waals surface area (Å²) in [5, 5.41) is 2.85. The molecule has 32 heavy (non-hydrogen) atoms. The summed E-state index contributed by atoms with van der Waals surface area (Å²) in [5.41, 5.74) is 2.65. The zero-order valence-corrected chi connectivity index (χ0v) is 17.7. The first-order valence-electron chi connectivity index (χ1n) is 10.5. The summed E-state index contributed by atoms with van der Waals surface area (Å²) >= 11 is 0. The Morgan fingerprint density at radius 3 is 2.69 bits per heavy atom. The van der Waals surface area contributed by atoms with Crippen LogP contribution in [0.2, 0.25) is 0 Å². The number of aromatic nitrogens is 2. The molecule has 1 unspecified atom stereocenters. The van der Waals surface area contributed by atoms with Crippen LogP contribution in [0, 0.1) is 17.8 Å². The van der Waals surface area contributed by atoms with Gasteiger partial charge >= 0.3 is 0 Å². The standard InChI is InChI=1S/C26H24N4O2/c1-2-13-29-25(32)26(12-16-30(19-26)24(31)23-11-5-6-15-28-23)17-20-8-3-4-10-22(20)21-9-7-14-27-18-21/h1,3-11,14-15,18H,12-13,16-17,19H2,(H,29,32). The molecule has 6 heteroatoms. The summed E-state index contributed by atoms with van der Waals surface area (Å²) in [7, 11) is 0. The third-order valence-electron chi connectivity index (χ3n) is 5.88. The van der Waals surface area contributed by atoms with Gasteiger partial charge in [0.15, 0.2) is 0 Å². The van der Waals surface area contributed by atoms with Gasteiger partial charge in [-0.05, 0) is 42.2 Å². The lowest BCUT2D eigenvalue weighted by molar-refractivity contribution is -0.130. The van der Waals surface area contributed by atoms with Crippen LogP contribution >= 0.6 is 0 Å². The minimum absolute atomic E-state index is 0.132. The van der Waals surface area contributed by atoms with Crippen molar-refractivity contribution in [2.45, 2.75) is 12.8 Å². The summed E-state index contributed by atoms with van der Waals surface area (Å²) in [6, 6.07) is 17.1. The molecular weight excluding hydrogens is 400 g/mol. The number of amides is 2. The topological polar surface area (TPSA) is 75.2 Å². The predicted octanol–water partition coefficient (Wildman–Crippen LogP) is 2.97. The van der Waals surface area contributed by atoms with Crippen LogP contribution in [-0.2, 0) is 11.2 Å². The van der Waals surface area contributed by atoms with Gasteiger partial charge in [0.1, 0.15) is 5.69 Å². The predicted molar refractivity (Wildman–Crippen MR) is 122 cm³/mol. The molecule has 0 aliphatic carbocycles. The van der Waals surface area contributed by atoms with E-state index in [9.17, 15) is 9.59 Å². The van der Waals surface area contributed by atoms with Crippen LogP contribution in [0.25, 0.3) is 11.1 Å². The molecule has 0 spiro atoms. The number of hydrogen-bond acceptors (Lipinski definition) is 4. The van der Waals surface area contributed by atoms with Gasteiger partial charge in [0.25, 0.3) is 5.91 Å². The average Bonchev–Trinajstić information content (AvgIpc) is 3.28. The van der Waals surface area contributed by atoms with Crippen LogP contribution in [0.5, 0.6) is 0 Å². The van der Waals surface area contributed by atoms with E-state index in [1.165, 1.54) is 0 Å². The lowest BCUT2D eigenvalue weighted by Crippen LogP contribution is -2.45. The fraction of sp³-hybridized carbons (Fsp3) is 0.231. The van der Waals surface area contributed by atoms with Gasteiger partial charge < -0.3 is 10.2 Å². The van der Waals surface area contributed by atoms with Crippen LogP contribution in [-0.4, -0.2) is 46.3 Å². The normalized spacial score (nSPS) is 17.5. The second-order valence-corrected chi connectivity index (χ2v) is 7.93.